The molecule has 5 heteroatoms. The van der Waals surface area contributed by atoms with Crippen molar-refractivity contribution in [3.63, 3.8) is 0 Å². The van der Waals surface area contributed by atoms with Crippen LogP contribution in [-0.4, -0.2) is 43.7 Å². The second-order valence-corrected chi connectivity index (χ2v) is 4.80. The molecule has 0 aliphatic carbocycles. The van der Waals surface area contributed by atoms with Gasteiger partial charge in [0.2, 0.25) is 0 Å². The summed E-state index contributed by atoms with van der Waals surface area (Å²) in [6.45, 7) is 7.29. The molecule has 0 fully saturated rings. The number of hydrogen-bond donors (Lipinski definition) is 1. The molecule has 5 nitrogen and oxygen atoms in total. The summed E-state index contributed by atoms with van der Waals surface area (Å²) in [5, 5.41) is 0. The highest BCUT2D eigenvalue weighted by atomic mass is 16.5. The second-order valence-electron chi connectivity index (χ2n) is 4.80. The van der Waals surface area contributed by atoms with Crippen LogP contribution in [0.5, 0.6) is 5.75 Å². The molecule has 0 aromatic heterocycles. The van der Waals surface area contributed by atoms with Crippen molar-refractivity contribution in [1.82, 2.24) is 4.90 Å². The second kappa shape index (κ2) is 7.75. The van der Waals surface area contributed by atoms with E-state index in [-0.39, 0.29) is 12.0 Å². The van der Waals surface area contributed by atoms with E-state index >= 15 is 0 Å². The Bertz CT molecular complexity index is 447. The van der Waals surface area contributed by atoms with Gasteiger partial charge in [0.05, 0.1) is 30.6 Å². The molecule has 20 heavy (non-hydrogen) atoms. The van der Waals surface area contributed by atoms with Crippen LogP contribution in [0, 0.1) is 0 Å². The third-order valence-electron chi connectivity index (χ3n) is 2.79. The Balaban J connectivity index is 2.78. The van der Waals surface area contributed by atoms with Gasteiger partial charge < -0.3 is 20.1 Å². The summed E-state index contributed by atoms with van der Waals surface area (Å²) in [6.07, 6.45) is 0.157. The van der Waals surface area contributed by atoms with Gasteiger partial charge in [0.1, 0.15) is 0 Å². The lowest BCUT2D eigenvalue weighted by atomic mass is 10.1. The first-order valence-corrected chi connectivity index (χ1v) is 6.85. The Morgan fingerprint density at radius 3 is 2.70 bits per heavy atom. The molecule has 0 aliphatic rings. The van der Waals surface area contributed by atoms with Gasteiger partial charge in [-0.3, -0.25) is 4.79 Å². The van der Waals surface area contributed by atoms with E-state index in [0.29, 0.717) is 36.8 Å². The molecule has 1 aromatic carbocycles. The van der Waals surface area contributed by atoms with Crippen molar-refractivity contribution in [2.45, 2.75) is 26.9 Å². The van der Waals surface area contributed by atoms with E-state index in [1.165, 1.54) is 0 Å². The normalized spacial score (nSPS) is 10.7. The Morgan fingerprint density at radius 2 is 2.10 bits per heavy atom. The van der Waals surface area contributed by atoms with Gasteiger partial charge in [-0.2, -0.15) is 0 Å². The highest BCUT2D eigenvalue weighted by molar-refractivity contribution is 5.98. The third kappa shape index (κ3) is 4.42. The molecular weight excluding hydrogens is 256 g/mol. The first kappa shape index (κ1) is 16.3. The summed E-state index contributed by atoms with van der Waals surface area (Å²) in [5.74, 6) is 0.338. The van der Waals surface area contributed by atoms with Crippen LogP contribution in [0.15, 0.2) is 18.2 Å². The van der Waals surface area contributed by atoms with Gasteiger partial charge in [-0.15, -0.1) is 0 Å². The molecule has 0 radical (unpaired) electrons. The smallest absolute Gasteiger partial charge is 0.257 e. The topological polar surface area (TPSA) is 64.8 Å². The van der Waals surface area contributed by atoms with Gasteiger partial charge in [-0.05, 0) is 32.9 Å². The zero-order valence-electron chi connectivity index (χ0n) is 12.7. The van der Waals surface area contributed by atoms with Gasteiger partial charge in [-0.25, -0.2) is 0 Å². The lowest BCUT2D eigenvalue weighted by Crippen LogP contribution is -2.31. The van der Waals surface area contributed by atoms with Gasteiger partial charge in [-0.1, -0.05) is 6.07 Å². The van der Waals surface area contributed by atoms with Crippen molar-refractivity contribution in [3.05, 3.63) is 23.8 Å². The molecule has 2 N–H and O–H groups in total. The monoisotopic (exact) mass is 280 g/mol. The summed E-state index contributed by atoms with van der Waals surface area (Å²) in [4.78, 5) is 14.0. The number of benzene rings is 1. The van der Waals surface area contributed by atoms with Crippen molar-refractivity contribution >= 4 is 11.6 Å². The van der Waals surface area contributed by atoms with Crippen LogP contribution < -0.4 is 10.5 Å². The number of hydrogen-bond acceptors (Lipinski definition) is 4. The molecule has 0 saturated heterocycles. The average molecular weight is 280 g/mol. The number of para-hydroxylation sites is 1. The number of carbonyl (C=O) groups is 1. The zero-order chi connectivity index (χ0) is 15.1. The van der Waals surface area contributed by atoms with Gasteiger partial charge >= 0.3 is 0 Å². The van der Waals surface area contributed by atoms with E-state index < -0.39 is 0 Å². The van der Waals surface area contributed by atoms with Crippen LogP contribution in [0.4, 0.5) is 5.69 Å². The number of anilines is 1. The summed E-state index contributed by atoms with van der Waals surface area (Å²) in [5.41, 5.74) is 6.83. The van der Waals surface area contributed by atoms with Crippen molar-refractivity contribution in [1.29, 1.82) is 0 Å². The Morgan fingerprint density at radius 1 is 1.40 bits per heavy atom. The first-order chi connectivity index (χ1) is 9.47. The van der Waals surface area contributed by atoms with E-state index in [1.807, 2.05) is 20.8 Å². The quantitative estimate of drug-likeness (QED) is 0.777. The number of amides is 1. The van der Waals surface area contributed by atoms with Gasteiger partial charge in [0, 0.05) is 13.6 Å². The maximum atomic E-state index is 12.4. The van der Waals surface area contributed by atoms with Crippen molar-refractivity contribution in [3.8, 4) is 5.75 Å². The molecule has 0 spiro atoms. The number of likely N-dealkylation sites (N-methyl/N-ethyl adjacent to an activating group) is 1. The number of carbonyl (C=O) groups excluding carboxylic acids is 1. The van der Waals surface area contributed by atoms with E-state index in [0.717, 1.165) is 0 Å². The number of nitrogen functional groups attached to an aromatic ring is 1. The van der Waals surface area contributed by atoms with E-state index in [1.54, 1.807) is 30.1 Å². The molecule has 0 aliphatic heterocycles. The molecule has 0 saturated carbocycles. The van der Waals surface area contributed by atoms with Gasteiger partial charge in [0.15, 0.2) is 5.75 Å². The van der Waals surface area contributed by atoms with Crippen LogP contribution in [0.2, 0.25) is 0 Å². The number of nitrogens with zero attached hydrogens (tertiary/aromatic N) is 1. The van der Waals surface area contributed by atoms with E-state index in [2.05, 4.69) is 0 Å². The van der Waals surface area contributed by atoms with Crippen LogP contribution in [0.25, 0.3) is 0 Å². The molecule has 0 bridgehead atoms. The standard InChI is InChI=1S/C15H24N2O3/c1-5-19-14-12(7-6-8-13(14)16)15(18)17(4)9-10-20-11(2)3/h6-8,11H,5,9-10,16H2,1-4H3. The third-order valence-corrected chi connectivity index (χ3v) is 2.79. The van der Waals surface area contributed by atoms with Crippen LogP contribution in [-0.2, 0) is 4.74 Å². The minimum Gasteiger partial charge on any atom is -0.491 e. The fraction of sp³-hybridized carbons (Fsp3) is 0.533. The molecule has 0 heterocycles. The highest BCUT2D eigenvalue weighted by Crippen LogP contribution is 2.27. The maximum absolute atomic E-state index is 12.4. The van der Waals surface area contributed by atoms with Crippen LogP contribution in [0.3, 0.4) is 0 Å². The zero-order valence-corrected chi connectivity index (χ0v) is 12.7. The molecular formula is C15H24N2O3. The summed E-state index contributed by atoms with van der Waals surface area (Å²) in [6, 6.07) is 5.21. The fourth-order valence-corrected chi connectivity index (χ4v) is 1.76. The lowest BCUT2D eigenvalue weighted by molar-refractivity contribution is 0.0530. The molecule has 1 amide bonds. The SMILES string of the molecule is CCOc1c(N)cccc1C(=O)N(C)CCOC(C)C. The number of nitrogens with two attached hydrogens (primary N) is 1. The lowest BCUT2D eigenvalue weighted by Gasteiger charge is -2.20. The molecule has 1 rings (SSSR count). The first-order valence-electron chi connectivity index (χ1n) is 6.85. The van der Waals surface area contributed by atoms with E-state index in [4.69, 9.17) is 15.2 Å². The fourth-order valence-electron chi connectivity index (χ4n) is 1.76. The average Bonchev–Trinajstić information content (AvgIpc) is 2.40. The van der Waals surface area contributed by atoms with Crippen LogP contribution in [0.1, 0.15) is 31.1 Å². The Labute approximate surface area is 120 Å². The molecule has 0 unspecified atom stereocenters. The predicted molar refractivity (Wildman–Crippen MR) is 80.1 cm³/mol. The Kier molecular flexibility index (Phi) is 6.31. The molecule has 1 aromatic rings. The molecule has 0 atom stereocenters. The summed E-state index contributed by atoms with van der Waals surface area (Å²) >= 11 is 0. The minimum atomic E-state index is -0.117. The van der Waals surface area contributed by atoms with Crippen molar-refractivity contribution in [2.24, 2.45) is 0 Å². The molecule has 112 valence electrons. The van der Waals surface area contributed by atoms with Crippen molar-refractivity contribution < 1.29 is 14.3 Å². The number of rotatable bonds is 7. The minimum absolute atomic E-state index is 0.117. The van der Waals surface area contributed by atoms with E-state index in [9.17, 15) is 4.79 Å². The highest BCUT2D eigenvalue weighted by Gasteiger charge is 2.18. The van der Waals surface area contributed by atoms with Gasteiger partial charge in [0.25, 0.3) is 5.91 Å². The summed E-state index contributed by atoms with van der Waals surface area (Å²) < 4.78 is 10.9. The number of ether oxygens (including phenoxy) is 2. The maximum Gasteiger partial charge on any atom is 0.257 e. The Hall–Kier alpha value is -1.75. The predicted octanol–water partition coefficient (Wildman–Crippen LogP) is 2.16. The largest absolute Gasteiger partial charge is 0.491 e. The van der Waals surface area contributed by atoms with Crippen molar-refractivity contribution in [2.75, 3.05) is 32.5 Å². The summed E-state index contributed by atoms with van der Waals surface area (Å²) in [7, 11) is 1.74. The van der Waals surface area contributed by atoms with Crippen LogP contribution >= 0.6 is 0 Å².